The van der Waals surface area contributed by atoms with Crippen LogP contribution in [-0.4, -0.2) is 52.3 Å². The van der Waals surface area contributed by atoms with Crippen molar-refractivity contribution in [1.29, 1.82) is 0 Å². The van der Waals surface area contributed by atoms with Gasteiger partial charge in [-0.25, -0.2) is 10.2 Å². The zero-order valence-corrected chi connectivity index (χ0v) is 15.2. The van der Waals surface area contributed by atoms with Crippen LogP contribution >= 0.6 is 11.8 Å². The number of nitrogens with one attached hydrogen (secondary N) is 3. The second-order valence-corrected chi connectivity index (χ2v) is 6.18. The standard InChI is InChI=1S/C16H19N3O7S/c1-10(20)14(15(24)17-7-13(23)27-9-12(21)22)18-19-16(25)26-8-11-5-3-2-4-6-11/h2-6,14,18H,7-9H2,1H3,(H,17,24)(H,19,25)(H,21,22). The Labute approximate surface area is 159 Å². The Morgan fingerprint density at radius 1 is 1.15 bits per heavy atom. The van der Waals surface area contributed by atoms with Crippen LogP contribution < -0.4 is 16.2 Å². The predicted molar refractivity (Wildman–Crippen MR) is 95.5 cm³/mol. The van der Waals surface area contributed by atoms with Crippen LogP contribution in [0.15, 0.2) is 30.3 Å². The van der Waals surface area contributed by atoms with Gasteiger partial charge in [-0.1, -0.05) is 42.1 Å². The molecule has 0 aliphatic carbocycles. The second-order valence-electron chi connectivity index (χ2n) is 5.15. The van der Waals surface area contributed by atoms with Gasteiger partial charge in [-0.05, 0) is 12.5 Å². The second kappa shape index (κ2) is 11.6. The van der Waals surface area contributed by atoms with E-state index in [1.807, 2.05) is 6.07 Å². The highest BCUT2D eigenvalue weighted by Gasteiger charge is 2.24. The minimum atomic E-state index is -1.44. The van der Waals surface area contributed by atoms with E-state index in [1.165, 1.54) is 0 Å². The van der Waals surface area contributed by atoms with Gasteiger partial charge in [-0.2, -0.15) is 0 Å². The first kappa shape index (κ1) is 22.1. The molecule has 0 saturated carbocycles. The molecule has 0 radical (unpaired) electrons. The molecular weight excluding hydrogens is 378 g/mol. The van der Waals surface area contributed by atoms with E-state index >= 15 is 0 Å². The number of amides is 2. The number of thioether (sulfide) groups is 1. The van der Waals surface area contributed by atoms with Crippen molar-refractivity contribution >= 4 is 40.6 Å². The Morgan fingerprint density at radius 2 is 1.81 bits per heavy atom. The smallest absolute Gasteiger partial charge is 0.421 e. The van der Waals surface area contributed by atoms with Crippen molar-refractivity contribution in [3.63, 3.8) is 0 Å². The first-order valence-electron chi connectivity index (χ1n) is 7.67. The summed E-state index contributed by atoms with van der Waals surface area (Å²) in [4.78, 5) is 56.9. The number of hydrogen-bond donors (Lipinski definition) is 4. The molecule has 0 bridgehead atoms. The quantitative estimate of drug-likeness (QED) is 0.312. The topological polar surface area (TPSA) is 151 Å². The number of carboxylic acids is 1. The predicted octanol–water partition coefficient (Wildman–Crippen LogP) is -0.164. The molecule has 0 saturated heterocycles. The molecule has 2 amide bonds. The summed E-state index contributed by atoms with van der Waals surface area (Å²) in [5.74, 6) is -3.06. The number of carboxylic acid groups (broad SMARTS) is 1. The molecular formula is C16H19N3O7S. The molecule has 0 spiro atoms. The fourth-order valence-corrected chi connectivity index (χ4v) is 2.16. The summed E-state index contributed by atoms with van der Waals surface area (Å²) in [5, 5.41) is 10.1. The van der Waals surface area contributed by atoms with Gasteiger partial charge >= 0.3 is 12.1 Å². The largest absolute Gasteiger partial charge is 0.481 e. The monoisotopic (exact) mass is 397 g/mol. The van der Waals surface area contributed by atoms with Crippen LogP contribution in [-0.2, 0) is 30.5 Å². The number of ketones is 1. The molecule has 4 N–H and O–H groups in total. The van der Waals surface area contributed by atoms with Crippen molar-refractivity contribution in [3.8, 4) is 0 Å². The minimum Gasteiger partial charge on any atom is -0.481 e. The number of hydrazine groups is 1. The zero-order chi connectivity index (χ0) is 20.2. The van der Waals surface area contributed by atoms with Crippen LogP contribution in [0.4, 0.5) is 4.79 Å². The van der Waals surface area contributed by atoms with Crippen molar-refractivity contribution in [1.82, 2.24) is 16.2 Å². The lowest BCUT2D eigenvalue weighted by molar-refractivity contribution is -0.134. The summed E-state index contributed by atoms with van der Waals surface area (Å²) in [6.45, 7) is 0.663. The Kier molecular flexibility index (Phi) is 9.54. The maximum absolute atomic E-state index is 12.0. The number of carbonyl (C=O) groups excluding carboxylic acids is 4. The van der Waals surface area contributed by atoms with E-state index in [-0.39, 0.29) is 6.61 Å². The zero-order valence-electron chi connectivity index (χ0n) is 14.4. The number of aliphatic carboxylic acids is 1. The van der Waals surface area contributed by atoms with Crippen LogP contribution in [0.3, 0.4) is 0 Å². The number of carbonyl (C=O) groups is 5. The average molecular weight is 397 g/mol. The Hall–Kier alpha value is -2.92. The Morgan fingerprint density at radius 3 is 2.41 bits per heavy atom. The molecule has 1 aromatic rings. The first-order chi connectivity index (χ1) is 12.8. The fraction of sp³-hybridized carbons (Fsp3) is 0.312. The lowest BCUT2D eigenvalue weighted by atomic mass is 10.2. The van der Waals surface area contributed by atoms with E-state index in [0.717, 1.165) is 12.5 Å². The highest BCUT2D eigenvalue weighted by atomic mass is 32.2. The van der Waals surface area contributed by atoms with Gasteiger partial charge in [0, 0.05) is 0 Å². The van der Waals surface area contributed by atoms with Gasteiger partial charge < -0.3 is 15.2 Å². The normalized spacial score (nSPS) is 11.1. The molecule has 0 aliphatic heterocycles. The van der Waals surface area contributed by atoms with Gasteiger partial charge in [0.1, 0.15) is 6.61 Å². The molecule has 11 heteroatoms. The van der Waals surface area contributed by atoms with Gasteiger partial charge in [-0.3, -0.25) is 24.6 Å². The van der Waals surface area contributed by atoms with Crippen molar-refractivity contribution in [2.75, 3.05) is 12.3 Å². The van der Waals surface area contributed by atoms with Gasteiger partial charge in [0.25, 0.3) is 0 Å². The third-order valence-electron chi connectivity index (χ3n) is 2.96. The summed E-state index contributed by atoms with van der Waals surface area (Å²) in [5.41, 5.74) is 5.07. The van der Waals surface area contributed by atoms with Crippen molar-refractivity contribution in [3.05, 3.63) is 35.9 Å². The third kappa shape index (κ3) is 9.37. The summed E-state index contributed by atoms with van der Waals surface area (Å²) >= 11 is 0.521. The third-order valence-corrected chi connectivity index (χ3v) is 3.82. The van der Waals surface area contributed by atoms with E-state index in [9.17, 15) is 24.0 Å². The maximum atomic E-state index is 12.0. The lowest BCUT2D eigenvalue weighted by Gasteiger charge is -2.16. The molecule has 0 fully saturated rings. The van der Waals surface area contributed by atoms with Gasteiger partial charge in [0.05, 0.1) is 12.3 Å². The van der Waals surface area contributed by atoms with Crippen LogP contribution in [0.2, 0.25) is 0 Å². The van der Waals surface area contributed by atoms with E-state index in [4.69, 9.17) is 9.84 Å². The fourth-order valence-electron chi connectivity index (χ4n) is 1.70. The number of hydrogen-bond acceptors (Lipinski definition) is 8. The van der Waals surface area contributed by atoms with E-state index in [0.29, 0.717) is 11.8 Å². The molecule has 1 aromatic carbocycles. The first-order valence-corrected chi connectivity index (χ1v) is 8.66. The average Bonchev–Trinajstić information content (AvgIpc) is 2.63. The molecule has 1 rings (SSSR count). The molecule has 1 atom stereocenters. The van der Waals surface area contributed by atoms with Crippen LogP contribution in [0.1, 0.15) is 12.5 Å². The molecule has 0 aliphatic rings. The van der Waals surface area contributed by atoms with Gasteiger partial charge in [0.15, 0.2) is 11.8 Å². The van der Waals surface area contributed by atoms with Crippen molar-refractivity contribution < 1.29 is 33.8 Å². The van der Waals surface area contributed by atoms with Crippen molar-refractivity contribution in [2.24, 2.45) is 0 Å². The molecule has 146 valence electrons. The van der Waals surface area contributed by atoms with E-state index in [2.05, 4.69) is 16.2 Å². The van der Waals surface area contributed by atoms with Crippen LogP contribution in [0.5, 0.6) is 0 Å². The number of ether oxygens (including phenoxy) is 1. The molecule has 0 aromatic heterocycles. The summed E-state index contributed by atoms with van der Waals surface area (Å²) in [6, 6.07) is 7.44. The van der Waals surface area contributed by atoms with Gasteiger partial charge in [-0.15, -0.1) is 0 Å². The Balaban J connectivity index is 2.40. The Bertz CT molecular complexity index is 697. The summed E-state index contributed by atoms with van der Waals surface area (Å²) in [7, 11) is 0. The highest BCUT2D eigenvalue weighted by Crippen LogP contribution is 2.01. The van der Waals surface area contributed by atoms with E-state index in [1.54, 1.807) is 24.3 Å². The SMILES string of the molecule is CC(=O)C(NNC(=O)OCc1ccccc1)C(=O)NCC(=O)SCC(=O)O. The van der Waals surface area contributed by atoms with Crippen LogP contribution in [0, 0.1) is 0 Å². The minimum absolute atomic E-state index is 0.000585. The van der Waals surface area contributed by atoms with Gasteiger partial charge in [0.2, 0.25) is 11.0 Å². The number of Topliss-reactive ketones (excluding diaryl/α,β-unsaturated/α-hetero) is 1. The molecule has 27 heavy (non-hydrogen) atoms. The van der Waals surface area contributed by atoms with Crippen LogP contribution in [0.25, 0.3) is 0 Å². The molecule has 10 nitrogen and oxygen atoms in total. The highest BCUT2D eigenvalue weighted by molar-refractivity contribution is 8.14. The number of rotatable bonds is 10. The lowest BCUT2D eigenvalue weighted by Crippen LogP contribution is -2.55. The maximum Gasteiger partial charge on any atom is 0.421 e. The van der Waals surface area contributed by atoms with Crippen molar-refractivity contribution in [2.45, 2.75) is 19.6 Å². The molecule has 0 heterocycles. The summed E-state index contributed by atoms with van der Waals surface area (Å²) in [6.07, 6.45) is -0.897. The van der Waals surface area contributed by atoms with E-state index < -0.39 is 47.2 Å². The molecule has 1 unspecified atom stereocenters. The summed E-state index contributed by atoms with van der Waals surface area (Å²) < 4.78 is 4.92. The number of benzene rings is 1.